The lowest BCUT2D eigenvalue weighted by molar-refractivity contribution is 0.665. The molecule has 2 aromatic rings. The highest BCUT2D eigenvalue weighted by Gasteiger charge is 2.05. The van der Waals surface area contributed by atoms with E-state index < -0.39 is 10.8 Å². The highest BCUT2D eigenvalue weighted by molar-refractivity contribution is 7.84. The molecule has 0 amide bonds. The summed E-state index contributed by atoms with van der Waals surface area (Å²) < 4.78 is 13.9. The molecular weight excluding hydrogens is 252 g/mol. The van der Waals surface area contributed by atoms with E-state index in [1.807, 2.05) is 6.07 Å². The van der Waals surface area contributed by atoms with Crippen LogP contribution in [0.1, 0.15) is 12.0 Å². The maximum atomic E-state index is 11.0. The first-order chi connectivity index (χ1) is 8.09. The second-order valence-corrected chi connectivity index (χ2v) is 6.12. The van der Waals surface area contributed by atoms with Crippen molar-refractivity contribution >= 4 is 34.1 Å². The molecule has 2 rings (SSSR count). The number of fused-ring (bicyclic) bond motifs is 1. The number of aromatic amines is 1. The number of nitrogens with zero attached hydrogens (tertiary/aromatic N) is 1. The molecule has 1 heterocycles. The third-order valence-corrected chi connectivity index (χ3v) is 4.02. The molecule has 1 aromatic carbocycles. The average molecular weight is 268 g/mol. The van der Waals surface area contributed by atoms with Gasteiger partial charge in [0.1, 0.15) is 0 Å². The molecule has 0 saturated carbocycles. The van der Waals surface area contributed by atoms with Crippen LogP contribution >= 0.6 is 12.2 Å². The predicted molar refractivity (Wildman–Crippen MR) is 75.4 cm³/mol. The fourth-order valence-corrected chi connectivity index (χ4v) is 2.80. The molecule has 0 spiro atoms. The third-order valence-electron chi connectivity index (χ3n) is 2.83. The lowest BCUT2D eigenvalue weighted by Gasteiger charge is -2.03. The van der Waals surface area contributed by atoms with Crippen LogP contribution in [-0.4, -0.2) is 25.8 Å². The molecule has 5 heteroatoms. The van der Waals surface area contributed by atoms with Gasteiger partial charge in [0.2, 0.25) is 0 Å². The maximum Gasteiger partial charge on any atom is 0.178 e. The smallest absolute Gasteiger partial charge is 0.178 e. The van der Waals surface area contributed by atoms with Gasteiger partial charge in [0.15, 0.2) is 4.77 Å². The van der Waals surface area contributed by atoms with Crippen LogP contribution in [0.4, 0.5) is 0 Å². The van der Waals surface area contributed by atoms with Crippen LogP contribution < -0.4 is 0 Å². The summed E-state index contributed by atoms with van der Waals surface area (Å²) >= 11 is 5.32. The number of rotatable bonds is 4. The summed E-state index contributed by atoms with van der Waals surface area (Å²) in [5.74, 6) is 0.722. The van der Waals surface area contributed by atoms with Crippen LogP contribution in [0.15, 0.2) is 18.2 Å². The van der Waals surface area contributed by atoms with Crippen molar-refractivity contribution in [1.82, 2.24) is 9.55 Å². The summed E-state index contributed by atoms with van der Waals surface area (Å²) in [7, 11) is -0.729. The molecule has 1 N–H and O–H groups in total. The average Bonchev–Trinajstić information content (AvgIpc) is 2.57. The van der Waals surface area contributed by atoms with E-state index in [9.17, 15) is 4.21 Å². The van der Waals surface area contributed by atoms with Crippen LogP contribution in [0.25, 0.3) is 11.0 Å². The Labute approximate surface area is 108 Å². The molecule has 0 bridgehead atoms. The van der Waals surface area contributed by atoms with E-state index in [-0.39, 0.29) is 0 Å². The van der Waals surface area contributed by atoms with Crippen molar-refractivity contribution in [3.05, 3.63) is 28.5 Å². The first-order valence-electron chi connectivity index (χ1n) is 5.58. The largest absolute Gasteiger partial charge is 0.330 e. The normalized spacial score (nSPS) is 13.1. The number of para-hydroxylation sites is 1. The van der Waals surface area contributed by atoms with E-state index in [1.54, 1.807) is 6.26 Å². The third kappa shape index (κ3) is 2.66. The molecule has 92 valence electrons. The summed E-state index contributed by atoms with van der Waals surface area (Å²) in [6.07, 6.45) is 2.62. The second kappa shape index (κ2) is 5.14. The minimum absolute atomic E-state index is 0.722. The van der Waals surface area contributed by atoms with Gasteiger partial charge < -0.3 is 9.55 Å². The highest BCUT2D eigenvalue weighted by Crippen LogP contribution is 2.18. The molecule has 0 aliphatic carbocycles. The fraction of sp³-hybridized carbons (Fsp3) is 0.417. The molecule has 17 heavy (non-hydrogen) atoms. The zero-order valence-electron chi connectivity index (χ0n) is 10.0. The van der Waals surface area contributed by atoms with Gasteiger partial charge in [0.05, 0.1) is 11.0 Å². The first-order valence-corrected chi connectivity index (χ1v) is 7.71. The van der Waals surface area contributed by atoms with Crippen molar-refractivity contribution in [3.63, 3.8) is 0 Å². The van der Waals surface area contributed by atoms with Crippen LogP contribution in [0.5, 0.6) is 0 Å². The van der Waals surface area contributed by atoms with Gasteiger partial charge in [0.25, 0.3) is 0 Å². The second-order valence-electron chi connectivity index (χ2n) is 4.18. The molecule has 1 aromatic heterocycles. The van der Waals surface area contributed by atoms with Crippen LogP contribution in [0, 0.1) is 11.7 Å². The summed E-state index contributed by atoms with van der Waals surface area (Å²) in [5.41, 5.74) is 3.44. The number of imidazole rings is 1. The van der Waals surface area contributed by atoms with E-state index in [1.165, 1.54) is 5.56 Å². The number of nitrogens with one attached hydrogen (secondary N) is 1. The molecule has 0 aliphatic rings. The van der Waals surface area contributed by atoms with Gasteiger partial charge >= 0.3 is 0 Å². The Morgan fingerprint density at radius 3 is 2.94 bits per heavy atom. The van der Waals surface area contributed by atoms with Crippen LogP contribution in [-0.2, 0) is 17.3 Å². The number of hydrogen-bond acceptors (Lipinski definition) is 2. The Balaban J connectivity index is 2.34. The minimum Gasteiger partial charge on any atom is -0.330 e. The molecular formula is C12H16N2OS2. The highest BCUT2D eigenvalue weighted by atomic mass is 32.2. The van der Waals surface area contributed by atoms with Crippen molar-refractivity contribution < 1.29 is 4.21 Å². The Hall–Kier alpha value is -0.940. The Bertz CT molecular complexity index is 612. The zero-order valence-corrected chi connectivity index (χ0v) is 11.7. The Morgan fingerprint density at radius 1 is 1.47 bits per heavy atom. The van der Waals surface area contributed by atoms with E-state index in [4.69, 9.17) is 12.2 Å². The number of aryl methyl sites for hydroxylation is 2. The van der Waals surface area contributed by atoms with Crippen molar-refractivity contribution in [2.24, 2.45) is 0 Å². The standard InChI is InChI=1S/C12H16N2OS2/c1-9-5-3-6-10-11(9)13-12(16)14(10)7-4-8-17(2)15/h3,5-6H,4,7-8H2,1-2H3,(H,13,16). The molecule has 0 aliphatic heterocycles. The van der Waals surface area contributed by atoms with Gasteiger partial charge in [-0.25, -0.2) is 0 Å². The number of benzene rings is 1. The summed E-state index contributed by atoms with van der Waals surface area (Å²) in [4.78, 5) is 3.24. The van der Waals surface area contributed by atoms with E-state index in [2.05, 4.69) is 28.6 Å². The molecule has 1 atom stereocenters. The summed E-state index contributed by atoms with van der Waals surface area (Å²) in [5, 5.41) is 0. The lowest BCUT2D eigenvalue weighted by Crippen LogP contribution is -2.03. The first kappa shape index (κ1) is 12.5. The summed E-state index contributed by atoms with van der Waals surface area (Å²) in [6, 6.07) is 6.17. The van der Waals surface area contributed by atoms with E-state index in [0.29, 0.717) is 0 Å². The van der Waals surface area contributed by atoms with Gasteiger partial charge in [-0.2, -0.15) is 0 Å². The molecule has 0 radical (unpaired) electrons. The fourth-order valence-electron chi connectivity index (χ4n) is 1.97. The predicted octanol–water partition coefficient (Wildman–Crippen LogP) is 2.78. The maximum absolute atomic E-state index is 11.0. The van der Waals surface area contributed by atoms with Gasteiger partial charge in [-0.3, -0.25) is 4.21 Å². The van der Waals surface area contributed by atoms with Gasteiger partial charge in [-0.1, -0.05) is 12.1 Å². The van der Waals surface area contributed by atoms with Gasteiger partial charge in [-0.05, 0) is 37.2 Å². The SMILES string of the molecule is Cc1cccc2c1[nH]c(=S)n2CCCS(C)=O. The van der Waals surface area contributed by atoms with E-state index in [0.717, 1.165) is 34.5 Å². The monoisotopic (exact) mass is 268 g/mol. The van der Waals surface area contributed by atoms with Crippen molar-refractivity contribution in [1.29, 1.82) is 0 Å². The lowest BCUT2D eigenvalue weighted by atomic mass is 10.2. The van der Waals surface area contributed by atoms with Crippen LogP contribution in [0.2, 0.25) is 0 Å². The van der Waals surface area contributed by atoms with Gasteiger partial charge in [-0.15, -0.1) is 0 Å². The zero-order chi connectivity index (χ0) is 12.4. The Kier molecular flexibility index (Phi) is 3.79. The van der Waals surface area contributed by atoms with Crippen molar-refractivity contribution in [2.75, 3.05) is 12.0 Å². The van der Waals surface area contributed by atoms with Crippen molar-refractivity contribution in [3.8, 4) is 0 Å². The summed E-state index contributed by atoms with van der Waals surface area (Å²) in [6.45, 7) is 2.89. The number of aromatic nitrogens is 2. The minimum atomic E-state index is -0.729. The topological polar surface area (TPSA) is 37.8 Å². The quantitative estimate of drug-likeness (QED) is 0.866. The Morgan fingerprint density at radius 2 is 2.24 bits per heavy atom. The van der Waals surface area contributed by atoms with Gasteiger partial charge in [0, 0.05) is 29.4 Å². The molecule has 1 unspecified atom stereocenters. The number of hydrogen-bond donors (Lipinski definition) is 1. The van der Waals surface area contributed by atoms with Crippen LogP contribution in [0.3, 0.4) is 0 Å². The van der Waals surface area contributed by atoms with E-state index >= 15 is 0 Å². The number of H-pyrrole nitrogens is 1. The van der Waals surface area contributed by atoms with Crippen molar-refractivity contribution in [2.45, 2.75) is 19.9 Å². The molecule has 0 saturated heterocycles. The molecule has 3 nitrogen and oxygen atoms in total. The molecule has 0 fully saturated rings.